The van der Waals surface area contributed by atoms with Crippen LogP contribution in [0.25, 0.3) is 0 Å². The summed E-state index contributed by atoms with van der Waals surface area (Å²) in [6, 6.07) is 3.58. The van der Waals surface area contributed by atoms with E-state index in [1.165, 1.54) is 0 Å². The third-order valence-electron chi connectivity index (χ3n) is 1.88. The van der Waals surface area contributed by atoms with Gasteiger partial charge < -0.3 is 15.1 Å². The van der Waals surface area contributed by atoms with Crippen molar-refractivity contribution in [3.63, 3.8) is 0 Å². The van der Waals surface area contributed by atoms with E-state index in [-0.39, 0.29) is 11.9 Å². The molecule has 0 aliphatic heterocycles. The molecule has 1 heterocycles. The highest BCUT2D eigenvalue weighted by Gasteiger charge is 2.10. The summed E-state index contributed by atoms with van der Waals surface area (Å²) in [5, 5.41) is 5.78. The van der Waals surface area contributed by atoms with Crippen LogP contribution in [0.3, 0.4) is 0 Å². The third kappa shape index (κ3) is 3.22. The average Bonchev–Trinajstić information content (AvgIpc) is 2.67. The molecule has 0 aliphatic carbocycles. The van der Waals surface area contributed by atoms with Crippen molar-refractivity contribution in [1.29, 1.82) is 0 Å². The van der Waals surface area contributed by atoms with Gasteiger partial charge in [0.15, 0.2) is 0 Å². The number of hydrogen-bond acceptors (Lipinski definition) is 3. The molecular formula is C10H16N2O2. The number of likely N-dealkylation sites (N-methyl/N-ethyl adjacent to an activating group) is 1. The lowest BCUT2D eigenvalue weighted by atomic mass is 10.2. The first kappa shape index (κ1) is 10.8. The van der Waals surface area contributed by atoms with E-state index in [1.54, 1.807) is 6.26 Å². The quantitative estimate of drug-likeness (QED) is 0.740. The fourth-order valence-electron chi connectivity index (χ4n) is 1.14. The zero-order valence-corrected chi connectivity index (χ0v) is 8.54. The topological polar surface area (TPSA) is 54.3 Å². The van der Waals surface area contributed by atoms with E-state index < -0.39 is 0 Å². The summed E-state index contributed by atoms with van der Waals surface area (Å²) in [6.45, 7) is 5.00. The number of hydrogen-bond donors (Lipinski definition) is 2. The Bertz CT molecular complexity index is 270. The van der Waals surface area contributed by atoms with Gasteiger partial charge in [0.05, 0.1) is 18.8 Å². The molecule has 4 nitrogen and oxygen atoms in total. The first-order valence-corrected chi connectivity index (χ1v) is 4.77. The van der Waals surface area contributed by atoms with Crippen molar-refractivity contribution in [2.24, 2.45) is 0 Å². The van der Waals surface area contributed by atoms with Crippen molar-refractivity contribution in [3.05, 3.63) is 24.2 Å². The third-order valence-corrected chi connectivity index (χ3v) is 1.88. The Morgan fingerprint density at radius 1 is 1.64 bits per heavy atom. The lowest BCUT2D eigenvalue weighted by Crippen LogP contribution is -2.35. The molecular weight excluding hydrogens is 180 g/mol. The summed E-state index contributed by atoms with van der Waals surface area (Å²) < 4.78 is 5.17. The molecule has 14 heavy (non-hydrogen) atoms. The molecule has 0 bridgehead atoms. The molecule has 2 N–H and O–H groups in total. The van der Waals surface area contributed by atoms with Crippen LogP contribution in [-0.4, -0.2) is 19.0 Å². The fraction of sp³-hybridized carbons (Fsp3) is 0.500. The first-order valence-electron chi connectivity index (χ1n) is 4.77. The standard InChI is InChI=1S/C10H16N2O2/c1-3-11-7-10(13)12-8(2)9-5-4-6-14-9/h4-6,8,11H,3,7H2,1-2H3,(H,12,13). The largest absolute Gasteiger partial charge is 0.467 e. The Labute approximate surface area is 83.7 Å². The molecule has 0 saturated carbocycles. The maximum Gasteiger partial charge on any atom is 0.234 e. The van der Waals surface area contributed by atoms with Gasteiger partial charge in [0.1, 0.15) is 5.76 Å². The Kier molecular flexibility index (Phi) is 4.19. The van der Waals surface area contributed by atoms with E-state index in [4.69, 9.17) is 4.42 Å². The van der Waals surface area contributed by atoms with Gasteiger partial charge in [-0.3, -0.25) is 4.79 Å². The van der Waals surface area contributed by atoms with Crippen molar-refractivity contribution in [2.45, 2.75) is 19.9 Å². The number of amides is 1. The van der Waals surface area contributed by atoms with Gasteiger partial charge in [-0.1, -0.05) is 6.92 Å². The molecule has 4 heteroatoms. The van der Waals surface area contributed by atoms with Crippen LogP contribution in [0.5, 0.6) is 0 Å². The number of carbonyl (C=O) groups excluding carboxylic acids is 1. The predicted molar refractivity (Wildman–Crippen MR) is 53.8 cm³/mol. The summed E-state index contributed by atoms with van der Waals surface area (Å²) in [6.07, 6.45) is 1.60. The highest BCUT2D eigenvalue weighted by Crippen LogP contribution is 2.11. The molecule has 1 aromatic rings. The van der Waals surface area contributed by atoms with Crippen LogP contribution in [0.15, 0.2) is 22.8 Å². The average molecular weight is 196 g/mol. The second kappa shape index (κ2) is 5.44. The fourth-order valence-corrected chi connectivity index (χ4v) is 1.14. The normalized spacial score (nSPS) is 12.4. The van der Waals surface area contributed by atoms with Gasteiger partial charge in [-0.25, -0.2) is 0 Å². The first-order chi connectivity index (χ1) is 6.74. The summed E-state index contributed by atoms with van der Waals surface area (Å²) in [5.41, 5.74) is 0. The van der Waals surface area contributed by atoms with Crippen molar-refractivity contribution in [1.82, 2.24) is 10.6 Å². The SMILES string of the molecule is CCNCC(=O)NC(C)c1ccco1. The Morgan fingerprint density at radius 3 is 3.00 bits per heavy atom. The minimum atomic E-state index is -0.0730. The zero-order chi connectivity index (χ0) is 10.4. The second-order valence-corrected chi connectivity index (χ2v) is 3.08. The Morgan fingerprint density at radius 2 is 2.43 bits per heavy atom. The Hall–Kier alpha value is -1.29. The molecule has 1 aromatic heterocycles. The van der Waals surface area contributed by atoms with Crippen molar-refractivity contribution < 1.29 is 9.21 Å². The number of nitrogens with one attached hydrogen (secondary N) is 2. The monoisotopic (exact) mass is 196 g/mol. The molecule has 0 fully saturated rings. The molecule has 1 atom stereocenters. The van der Waals surface area contributed by atoms with Gasteiger partial charge in [0.25, 0.3) is 0 Å². The lowest BCUT2D eigenvalue weighted by Gasteiger charge is -2.11. The van der Waals surface area contributed by atoms with Crippen LogP contribution < -0.4 is 10.6 Å². The van der Waals surface area contributed by atoms with Gasteiger partial charge in [0, 0.05) is 0 Å². The molecule has 78 valence electrons. The van der Waals surface area contributed by atoms with E-state index in [1.807, 2.05) is 26.0 Å². The minimum absolute atomic E-state index is 0.0178. The van der Waals surface area contributed by atoms with Gasteiger partial charge in [-0.05, 0) is 25.6 Å². The predicted octanol–water partition coefficient (Wildman–Crippen LogP) is 1.07. The molecule has 0 aliphatic rings. The zero-order valence-electron chi connectivity index (χ0n) is 8.54. The highest BCUT2D eigenvalue weighted by atomic mass is 16.3. The highest BCUT2D eigenvalue weighted by molar-refractivity contribution is 5.78. The molecule has 0 radical (unpaired) electrons. The van der Waals surface area contributed by atoms with Crippen molar-refractivity contribution in [2.75, 3.05) is 13.1 Å². The molecule has 1 rings (SSSR count). The van der Waals surface area contributed by atoms with Gasteiger partial charge in [-0.2, -0.15) is 0 Å². The molecule has 1 amide bonds. The van der Waals surface area contributed by atoms with Crippen LogP contribution >= 0.6 is 0 Å². The summed E-state index contributed by atoms with van der Waals surface area (Å²) >= 11 is 0. The summed E-state index contributed by atoms with van der Waals surface area (Å²) in [7, 11) is 0. The van der Waals surface area contributed by atoms with E-state index in [2.05, 4.69) is 10.6 Å². The van der Waals surface area contributed by atoms with Crippen LogP contribution in [0, 0.1) is 0 Å². The maximum atomic E-state index is 11.3. The maximum absolute atomic E-state index is 11.3. The summed E-state index contributed by atoms with van der Waals surface area (Å²) in [5.74, 6) is 0.755. The summed E-state index contributed by atoms with van der Waals surface area (Å²) in [4.78, 5) is 11.3. The molecule has 0 aromatic carbocycles. The van der Waals surface area contributed by atoms with Gasteiger partial charge in [-0.15, -0.1) is 0 Å². The minimum Gasteiger partial charge on any atom is -0.467 e. The Balaban J connectivity index is 2.33. The second-order valence-electron chi connectivity index (χ2n) is 3.08. The smallest absolute Gasteiger partial charge is 0.234 e. The van der Waals surface area contributed by atoms with E-state index in [0.29, 0.717) is 6.54 Å². The number of furan rings is 1. The molecule has 0 spiro atoms. The van der Waals surface area contributed by atoms with Crippen LogP contribution in [-0.2, 0) is 4.79 Å². The van der Waals surface area contributed by atoms with Crippen molar-refractivity contribution in [3.8, 4) is 0 Å². The van der Waals surface area contributed by atoms with Crippen LogP contribution in [0.1, 0.15) is 25.6 Å². The van der Waals surface area contributed by atoms with Gasteiger partial charge in [0.2, 0.25) is 5.91 Å². The lowest BCUT2D eigenvalue weighted by molar-refractivity contribution is -0.121. The van der Waals surface area contributed by atoms with E-state index in [0.717, 1.165) is 12.3 Å². The van der Waals surface area contributed by atoms with Crippen LogP contribution in [0.4, 0.5) is 0 Å². The van der Waals surface area contributed by atoms with E-state index in [9.17, 15) is 4.79 Å². The van der Waals surface area contributed by atoms with Gasteiger partial charge >= 0.3 is 0 Å². The van der Waals surface area contributed by atoms with Crippen LogP contribution in [0.2, 0.25) is 0 Å². The molecule has 0 saturated heterocycles. The molecule has 1 unspecified atom stereocenters. The van der Waals surface area contributed by atoms with Crippen molar-refractivity contribution >= 4 is 5.91 Å². The number of rotatable bonds is 5. The van der Waals surface area contributed by atoms with E-state index >= 15 is 0 Å². The number of carbonyl (C=O) groups is 1.